The molecule has 2 aromatic heterocycles. The maximum atomic E-state index is 14.3. The van der Waals surface area contributed by atoms with E-state index < -0.39 is 6.04 Å². The fourth-order valence-electron chi connectivity index (χ4n) is 7.11. The van der Waals surface area contributed by atoms with Crippen LogP contribution in [0.1, 0.15) is 84.9 Å². The summed E-state index contributed by atoms with van der Waals surface area (Å²) >= 11 is 0. The molecule has 1 aliphatic carbocycles. The van der Waals surface area contributed by atoms with E-state index in [-0.39, 0.29) is 53.4 Å². The van der Waals surface area contributed by atoms with Crippen molar-refractivity contribution in [3.63, 3.8) is 0 Å². The Morgan fingerprint density at radius 3 is 2.57 bits per heavy atom. The van der Waals surface area contributed by atoms with Gasteiger partial charge in [-0.05, 0) is 87.1 Å². The zero-order valence-corrected chi connectivity index (χ0v) is 27.4. The Bertz CT molecular complexity index is 1720. The van der Waals surface area contributed by atoms with Crippen molar-refractivity contribution in [1.82, 2.24) is 19.7 Å². The maximum Gasteiger partial charge on any atom is 0.245 e. The minimum atomic E-state index is -0.620. The lowest BCUT2D eigenvalue weighted by Crippen LogP contribution is -2.45. The number of amides is 1. The van der Waals surface area contributed by atoms with Crippen LogP contribution in [-0.2, 0) is 33.8 Å². The van der Waals surface area contributed by atoms with E-state index in [0.29, 0.717) is 48.8 Å². The molecule has 1 aromatic carbocycles. The van der Waals surface area contributed by atoms with E-state index in [1.807, 2.05) is 38.1 Å². The number of hydrogen-bond acceptors (Lipinski definition) is 7. The number of carbonyl (C=O) groups is 4. The van der Waals surface area contributed by atoms with Crippen LogP contribution in [0.2, 0.25) is 0 Å². The third-order valence-electron chi connectivity index (χ3n) is 9.64. The second kappa shape index (κ2) is 13.5. The fourth-order valence-corrected chi connectivity index (χ4v) is 7.11. The number of unbranched alkanes of at least 4 members (excludes halogenated alkanes) is 1. The lowest BCUT2D eigenvalue weighted by Gasteiger charge is -2.27. The third kappa shape index (κ3) is 6.59. The maximum absolute atomic E-state index is 14.3. The number of benzene rings is 1. The molecule has 0 spiro atoms. The molecule has 3 heterocycles. The van der Waals surface area contributed by atoms with Gasteiger partial charge in [0.25, 0.3) is 0 Å². The van der Waals surface area contributed by atoms with Crippen LogP contribution in [0.25, 0.3) is 10.9 Å². The number of piperidine rings is 1. The van der Waals surface area contributed by atoms with E-state index in [4.69, 9.17) is 4.74 Å². The van der Waals surface area contributed by atoms with E-state index in [1.54, 1.807) is 28.8 Å². The van der Waals surface area contributed by atoms with Gasteiger partial charge in [-0.15, -0.1) is 13.2 Å². The Morgan fingerprint density at radius 2 is 1.87 bits per heavy atom. The summed E-state index contributed by atoms with van der Waals surface area (Å²) in [7, 11) is 1.56. The fraction of sp³-hybridized carbons (Fsp3) is 0.459. The van der Waals surface area contributed by atoms with Gasteiger partial charge in [0.05, 0.1) is 30.8 Å². The van der Waals surface area contributed by atoms with E-state index in [9.17, 15) is 19.2 Å². The van der Waals surface area contributed by atoms with Crippen LogP contribution in [0.3, 0.4) is 0 Å². The number of ketones is 3. The number of carbonyl (C=O) groups excluding carboxylic acids is 4. The molecule has 9 heteroatoms. The average Bonchev–Trinajstić information content (AvgIpc) is 3.43. The monoisotopic (exact) mass is 624 g/mol. The molecule has 0 unspecified atom stereocenters. The standard InChI is InChI=1S/C37H44N4O5/c1-7-9-10-12-27(43)15-16-37-20-31(32(44)19-30-23(3)13-14-24(4)38-30)41(33(37)21-37)34(45)22-40-36-26(11-8-2)17-28(46-6)18-29(36)35(39-40)25(5)42/h7-8,13-14,17-18,31,33H,1-2,9-12,15-16,19-22H2,3-6H3/t31-,33+,37-/m0/s1. The van der Waals surface area contributed by atoms with Crippen LogP contribution >= 0.6 is 0 Å². The second-order valence-electron chi connectivity index (χ2n) is 12.9. The highest BCUT2D eigenvalue weighted by molar-refractivity contribution is 6.06. The van der Waals surface area contributed by atoms with Crippen molar-refractivity contribution in [3.05, 3.63) is 77.8 Å². The average molecular weight is 625 g/mol. The summed E-state index contributed by atoms with van der Waals surface area (Å²) < 4.78 is 7.08. The number of aromatic nitrogens is 3. The first-order valence-electron chi connectivity index (χ1n) is 16.1. The topological polar surface area (TPSA) is 111 Å². The SMILES string of the molecule is C=CCCCC(=O)CC[C@@]12C[C@@H](C(=O)Cc3nc(C)ccc3C)N(C(=O)Cn3nc(C(C)=O)c4cc(OC)cc(CC=C)c43)[C@@H]1C2. The molecule has 1 saturated heterocycles. The van der Waals surface area contributed by atoms with Gasteiger partial charge >= 0.3 is 0 Å². The molecule has 0 radical (unpaired) electrons. The van der Waals surface area contributed by atoms with E-state index in [1.165, 1.54) is 6.92 Å². The molecule has 2 fully saturated rings. The van der Waals surface area contributed by atoms with Crippen LogP contribution in [0, 0.1) is 19.3 Å². The van der Waals surface area contributed by atoms with Crippen molar-refractivity contribution in [2.24, 2.45) is 5.41 Å². The van der Waals surface area contributed by atoms with Crippen LogP contribution in [0.5, 0.6) is 5.75 Å². The molecule has 242 valence electrons. The molecule has 1 amide bonds. The molecule has 46 heavy (non-hydrogen) atoms. The quantitative estimate of drug-likeness (QED) is 0.111. The number of methoxy groups -OCH3 is 1. The van der Waals surface area contributed by atoms with E-state index >= 15 is 0 Å². The molecule has 1 aliphatic heterocycles. The van der Waals surface area contributed by atoms with Gasteiger partial charge in [0.1, 0.15) is 23.8 Å². The largest absolute Gasteiger partial charge is 0.497 e. The number of pyridine rings is 1. The van der Waals surface area contributed by atoms with Gasteiger partial charge in [0.15, 0.2) is 11.6 Å². The van der Waals surface area contributed by atoms with Crippen LogP contribution in [0.4, 0.5) is 0 Å². The van der Waals surface area contributed by atoms with Gasteiger partial charge in [-0.25, -0.2) is 0 Å². The molecule has 9 nitrogen and oxygen atoms in total. The predicted octanol–water partition coefficient (Wildman–Crippen LogP) is 5.86. The minimum Gasteiger partial charge on any atom is -0.497 e. The Kier molecular flexibility index (Phi) is 9.70. The van der Waals surface area contributed by atoms with Crippen molar-refractivity contribution in [3.8, 4) is 5.75 Å². The minimum absolute atomic E-state index is 0.0507. The van der Waals surface area contributed by atoms with Crippen molar-refractivity contribution in [1.29, 1.82) is 0 Å². The van der Waals surface area contributed by atoms with Crippen molar-refractivity contribution >= 4 is 34.2 Å². The number of aryl methyl sites for hydroxylation is 2. The molecule has 3 atom stereocenters. The van der Waals surface area contributed by atoms with Crippen molar-refractivity contribution in [2.45, 2.75) is 97.2 Å². The third-order valence-corrected chi connectivity index (χ3v) is 9.64. The lowest BCUT2D eigenvalue weighted by molar-refractivity contribution is -0.139. The number of likely N-dealkylation sites (tertiary alicyclic amines) is 1. The first kappa shape index (κ1) is 33.0. The highest BCUT2D eigenvalue weighted by Gasteiger charge is 2.66. The number of rotatable bonds is 16. The molecule has 5 rings (SSSR count). The second-order valence-corrected chi connectivity index (χ2v) is 12.9. The predicted molar refractivity (Wildman–Crippen MR) is 177 cm³/mol. The number of allylic oxidation sites excluding steroid dienone is 2. The molecule has 0 bridgehead atoms. The number of Topliss-reactive ketones (excluding diaryl/α,β-unsaturated/α-hetero) is 3. The molecular formula is C37H44N4O5. The highest BCUT2D eigenvalue weighted by atomic mass is 16.5. The first-order chi connectivity index (χ1) is 22.0. The smallest absolute Gasteiger partial charge is 0.245 e. The van der Waals surface area contributed by atoms with E-state index in [2.05, 4.69) is 23.2 Å². The summed E-state index contributed by atoms with van der Waals surface area (Å²) in [5.41, 5.74) is 4.01. The summed E-state index contributed by atoms with van der Waals surface area (Å²) in [6.45, 7) is 12.8. The number of ether oxygens (including phenoxy) is 1. The summed E-state index contributed by atoms with van der Waals surface area (Å²) in [5, 5.41) is 5.22. The number of nitrogens with zero attached hydrogens (tertiary/aromatic N) is 4. The zero-order valence-electron chi connectivity index (χ0n) is 27.4. The summed E-state index contributed by atoms with van der Waals surface area (Å²) in [6, 6.07) is 6.78. The van der Waals surface area contributed by atoms with Crippen LogP contribution in [0.15, 0.2) is 49.6 Å². The van der Waals surface area contributed by atoms with Gasteiger partial charge in [0, 0.05) is 36.9 Å². The summed E-state index contributed by atoms with van der Waals surface area (Å²) in [5.74, 6) is 0.297. The first-order valence-corrected chi connectivity index (χ1v) is 16.1. The van der Waals surface area contributed by atoms with Gasteiger partial charge in [-0.1, -0.05) is 18.2 Å². The molecule has 3 aromatic rings. The Labute approximate surface area is 270 Å². The van der Waals surface area contributed by atoms with Crippen molar-refractivity contribution < 1.29 is 23.9 Å². The van der Waals surface area contributed by atoms with Gasteiger partial charge in [0.2, 0.25) is 5.91 Å². The van der Waals surface area contributed by atoms with E-state index in [0.717, 1.165) is 41.8 Å². The molecule has 2 aliphatic rings. The van der Waals surface area contributed by atoms with Crippen LogP contribution in [-0.4, -0.2) is 62.1 Å². The Balaban J connectivity index is 1.45. The summed E-state index contributed by atoms with van der Waals surface area (Å²) in [4.78, 5) is 60.0. The number of fused-ring (bicyclic) bond motifs is 2. The summed E-state index contributed by atoms with van der Waals surface area (Å²) in [6.07, 6.45) is 8.70. The van der Waals surface area contributed by atoms with Crippen molar-refractivity contribution in [2.75, 3.05) is 7.11 Å². The lowest BCUT2D eigenvalue weighted by atomic mass is 9.90. The molecule has 1 saturated carbocycles. The van der Waals surface area contributed by atoms with Gasteiger partial charge in [-0.2, -0.15) is 5.10 Å². The van der Waals surface area contributed by atoms with Gasteiger partial charge in [-0.3, -0.25) is 28.8 Å². The molecule has 0 N–H and O–H groups in total. The van der Waals surface area contributed by atoms with Crippen LogP contribution < -0.4 is 4.74 Å². The Hall–Kier alpha value is -4.40. The molecular weight excluding hydrogens is 580 g/mol. The zero-order chi connectivity index (χ0) is 33.2. The Morgan fingerprint density at radius 1 is 1.09 bits per heavy atom. The number of hydrogen-bond donors (Lipinski definition) is 0. The highest BCUT2D eigenvalue weighted by Crippen LogP contribution is 2.62. The normalized spacial score (nSPS) is 20.0. The van der Waals surface area contributed by atoms with Gasteiger partial charge < -0.3 is 9.64 Å².